The molecule has 1 saturated heterocycles. The van der Waals surface area contributed by atoms with E-state index in [9.17, 15) is 18.8 Å². The number of ether oxygens (including phenoxy) is 4. The Balaban J connectivity index is 1.71. The summed E-state index contributed by atoms with van der Waals surface area (Å²) in [5.41, 5.74) is 0.171. The predicted molar refractivity (Wildman–Crippen MR) is 97.8 cm³/mol. The van der Waals surface area contributed by atoms with Crippen LogP contribution >= 0.6 is 0 Å². The van der Waals surface area contributed by atoms with E-state index in [2.05, 4.69) is 0 Å². The molecule has 0 N–H and O–H groups in total. The van der Waals surface area contributed by atoms with Crippen molar-refractivity contribution in [1.82, 2.24) is 0 Å². The second kappa shape index (κ2) is 8.40. The van der Waals surface area contributed by atoms with Crippen LogP contribution in [0.4, 0.5) is 4.39 Å². The molecule has 0 amide bonds. The molecular formula is C21H19FO7. The topological polar surface area (TPSA) is 91.4 Å². The van der Waals surface area contributed by atoms with Gasteiger partial charge < -0.3 is 18.9 Å². The molecule has 0 spiro atoms. The summed E-state index contributed by atoms with van der Waals surface area (Å²) in [5.74, 6) is -1.60. The monoisotopic (exact) mass is 402 g/mol. The molecule has 1 fully saturated rings. The van der Waals surface area contributed by atoms with Gasteiger partial charge >= 0.3 is 17.9 Å². The van der Waals surface area contributed by atoms with E-state index in [-0.39, 0.29) is 37.0 Å². The van der Waals surface area contributed by atoms with Crippen LogP contribution in [-0.4, -0.2) is 31.1 Å². The number of hydrogen-bond donors (Lipinski definition) is 0. The zero-order valence-corrected chi connectivity index (χ0v) is 15.9. The van der Waals surface area contributed by atoms with Crippen molar-refractivity contribution >= 4 is 17.9 Å². The minimum absolute atomic E-state index is 0.0153. The molecule has 7 nitrogen and oxygen atoms in total. The summed E-state index contributed by atoms with van der Waals surface area (Å²) in [6, 6.07) is 10.1. The van der Waals surface area contributed by atoms with Crippen LogP contribution in [0.3, 0.4) is 0 Å². The van der Waals surface area contributed by atoms with E-state index < -0.39 is 23.5 Å². The van der Waals surface area contributed by atoms with Crippen LogP contribution in [-0.2, 0) is 35.9 Å². The normalized spacial score (nSPS) is 17.3. The summed E-state index contributed by atoms with van der Waals surface area (Å²) in [4.78, 5) is 34.7. The fraction of sp³-hybridized carbons (Fsp3) is 0.286. The lowest BCUT2D eigenvalue weighted by Crippen LogP contribution is -2.22. The molecule has 8 heteroatoms. The standard InChI is InChI=1S/C21H19FO7/c1-13(23)28-17-7-8-18(19(10-17)29-14(2)24)21(12-27-21)11-26-20(25)9-15-3-5-16(22)6-4-15/h3-8,10H,9,11-12H2,1-2H3. The van der Waals surface area contributed by atoms with Crippen molar-refractivity contribution in [2.75, 3.05) is 13.2 Å². The lowest BCUT2D eigenvalue weighted by Gasteiger charge is -2.17. The molecule has 1 atom stereocenters. The van der Waals surface area contributed by atoms with E-state index in [1.54, 1.807) is 6.07 Å². The number of rotatable bonds is 7. The summed E-state index contributed by atoms with van der Waals surface area (Å²) in [7, 11) is 0. The molecular weight excluding hydrogens is 383 g/mol. The average Bonchev–Trinajstić information content (AvgIpc) is 3.42. The van der Waals surface area contributed by atoms with Crippen molar-refractivity contribution in [3.8, 4) is 11.5 Å². The number of carbonyl (C=O) groups excluding carboxylic acids is 3. The summed E-state index contributed by atoms with van der Waals surface area (Å²) in [5, 5.41) is 0. The van der Waals surface area contributed by atoms with Crippen LogP contribution in [0.1, 0.15) is 25.0 Å². The van der Waals surface area contributed by atoms with Gasteiger partial charge in [-0.3, -0.25) is 14.4 Å². The van der Waals surface area contributed by atoms with Crippen molar-refractivity contribution in [1.29, 1.82) is 0 Å². The first kappa shape index (κ1) is 20.5. The molecule has 29 heavy (non-hydrogen) atoms. The summed E-state index contributed by atoms with van der Waals surface area (Å²) >= 11 is 0. The van der Waals surface area contributed by atoms with Gasteiger partial charge in [-0.1, -0.05) is 12.1 Å². The molecule has 3 rings (SSSR count). The molecule has 1 unspecified atom stereocenters. The van der Waals surface area contributed by atoms with Crippen molar-refractivity contribution < 1.29 is 37.7 Å². The quantitative estimate of drug-likeness (QED) is 0.399. The largest absolute Gasteiger partial charge is 0.462 e. The highest BCUT2D eigenvalue weighted by Gasteiger charge is 2.50. The first-order valence-corrected chi connectivity index (χ1v) is 8.83. The first-order chi connectivity index (χ1) is 13.8. The first-order valence-electron chi connectivity index (χ1n) is 8.83. The Morgan fingerprint density at radius 1 is 1.03 bits per heavy atom. The maximum absolute atomic E-state index is 13.0. The van der Waals surface area contributed by atoms with Gasteiger partial charge in [-0.15, -0.1) is 0 Å². The Labute approximate surface area is 166 Å². The number of epoxide rings is 1. The van der Waals surface area contributed by atoms with Gasteiger partial charge in [0, 0.05) is 25.5 Å². The number of esters is 3. The van der Waals surface area contributed by atoms with Gasteiger partial charge in [-0.2, -0.15) is 0 Å². The van der Waals surface area contributed by atoms with E-state index >= 15 is 0 Å². The average molecular weight is 402 g/mol. The lowest BCUT2D eigenvalue weighted by molar-refractivity contribution is -0.145. The molecule has 152 valence electrons. The molecule has 1 aliphatic heterocycles. The zero-order chi connectivity index (χ0) is 21.0. The van der Waals surface area contributed by atoms with E-state index in [4.69, 9.17) is 18.9 Å². The molecule has 0 aromatic heterocycles. The summed E-state index contributed by atoms with van der Waals surface area (Å²) in [6.07, 6.45) is -0.0153. The van der Waals surface area contributed by atoms with Crippen LogP contribution in [0.2, 0.25) is 0 Å². The SMILES string of the molecule is CC(=O)Oc1ccc(C2(COC(=O)Cc3ccc(F)cc3)CO2)c(OC(C)=O)c1. The van der Waals surface area contributed by atoms with Gasteiger partial charge in [0.05, 0.1) is 13.0 Å². The highest BCUT2D eigenvalue weighted by molar-refractivity contribution is 5.73. The molecule has 0 radical (unpaired) electrons. The number of halogens is 1. The van der Waals surface area contributed by atoms with Crippen LogP contribution < -0.4 is 9.47 Å². The van der Waals surface area contributed by atoms with E-state index in [0.29, 0.717) is 11.1 Å². The van der Waals surface area contributed by atoms with E-state index in [1.807, 2.05) is 0 Å². The second-order valence-electron chi connectivity index (χ2n) is 6.59. The fourth-order valence-corrected chi connectivity index (χ4v) is 2.77. The Bertz CT molecular complexity index is 933. The molecule has 1 heterocycles. The van der Waals surface area contributed by atoms with Gasteiger partial charge in [0.2, 0.25) is 0 Å². The molecule has 0 saturated carbocycles. The number of carbonyl (C=O) groups is 3. The van der Waals surface area contributed by atoms with Crippen molar-refractivity contribution in [3.05, 3.63) is 59.4 Å². The highest BCUT2D eigenvalue weighted by atomic mass is 19.1. The van der Waals surface area contributed by atoms with Gasteiger partial charge in [0.25, 0.3) is 0 Å². The fourth-order valence-electron chi connectivity index (χ4n) is 2.77. The third-order valence-electron chi connectivity index (χ3n) is 4.18. The maximum Gasteiger partial charge on any atom is 0.310 e. The van der Waals surface area contributed by atoms with Crippen molar-refractivity contribution in [3.63, 3.8) is 0 Å². The lowest BCUT2D eigenvalue weighted by atomic mass is 9.99. The van der Waals surface area contributed by atoms with Gasteiger partial charge in [0.15, 0.2) is 5.60 Å². The number of hydrogen-bond acceptors (Lipinski definition) is 7. The molecule has 0 bridgehead atoms. The zero-order valence-electron chi connectivity index (χ0n) is 15.9. The highest BCUT2D eigenvalue weighted by Crippen LogP contribution is 2.45. The molecule has 2 aromatic carbocycles. The van der Waals surface area contributed by atoms with Gasteiger partial charge in [-0.05, 0) is 29.8 Å². The molecule has 0 aliphatic carbocycles. The van der Waals surface area contributed by atoms with E-state index in [0.717, 1.165) is 0 Å². The molecule has 1 aliphatic rings. The minimum atomic E-state index is -0.946. The minimum Gasteiger partial charge on any atom is -0.462 e. The van der Waals surface area contributed by atoms with Crippen LogP contribution in [0.5, 0.6) is 11.5 Å². The Kier molecular flexibility index (Phi) is 5.93. The Morgan fingerprint density at radius 3 is 2.28 bits per heavy atom. The van der Waals surface area contributed by atoms with E-state index in [1.165, 1.54) is 50.2 Å². The van der Waals surface area contributed by atoms with Crippen LogP contribution in [0.25, 0.3) is 0 Å². The second-order valence-corrected chi connectivity index (χ2v) is 6.59. The van der Waals surface area contributed by atoms with Crippen molar-refractivity contribution in [2.24, 2.45) is 0 Å². The smallest absolute Gasteiger partial charge is 0.310 e. The van der Waals surface area contributed by atoms with Gasteiger partial charge in [-0.25, -0.2) is 4.39 Å². The van der Waals surface area contributed by atoms with Gasteiger partial charge in [0.1, 0.15) is 23.9 Å². The third-order valence-corrected chi connectivity index (χ3v) is 4.18. The molecule has 2 aromatic rings. The Morgan fingerprint density at radius 2 is 1.69 bits per heavy atom. The number of benzene rings is 2. The predicted octanol–water partition coefficient (Wildman–Crippen LogP) is 2.69. The van der Waals surface area contributed by atoms with Crippen LogP contribution in [0, 0.1) is 5.82 Å². The maximum atomic E-state index is 13.0. The van der Waals surface area contributed by atoms with Crippen LogP contribution in [0.15, 0.2) is 42.5 Å². The Hall–Kier alpha value is -3.26. The third kappa shape index (κ3) is 5.39. The summed E-state index contributed by atoms with van der Waals surface area (Å²) < 4.78 is 34.0. The summed E-state index contributed by atoms with van der Waals surface area (Å²) in [6.45, 7) is 2.67. The van der Waals surface area contributed by atoms with Crippen molar-refractivity contribution in [2.45, 2.75) is 25.9 Å².